The average molecular weight is 431 g/mol. The van der Waals surface area contributed by atoms with Gasteiger partial charge in [-0.15, -0.1) is 0 Å². The standard InChI is InChI=1S/C25H25N3O4/c1-30-22-10-9-18(14-23(22)31-2)11-12-26-25(29)19-6-5-7-21(15-19)32-17-20-16-28-13-4-3-8-24(28)27-20/h3-10,13-16H,11-12,17H2,1-2H3,(H,26,29). The van der Waals surface area contributed by atoms with Gasteiger partial charge >= 0.3 is 0 Å². The highest BCUT2D eigenvalue weighted by molar-refractivity contribution is 5.94. The first-order chi connectivity index (χ1) is 15.7. The van der Waals surface area contributed by atoms with Gasteiger partial charge in [-0.05, 0) is 54.4 Å². The Bertz CT molecular complexity index is 1190. The van der Waals surface area contributed by atoms with Crippen LogP contribution in [0.3, 0.4) is 0 Å². The van der Waals surface area contributed by atoms with E-state index in [9.17, 15) is 4.79 Å². The summed E-state index contributed by atoms with van der Waals surface area (Å²) in [7, 11) is 3.21. The molecule has 0 atom stereocenters. The summed E-state index contributed by atoms with van der Waals surface area (Å²) in [5, 5.41) is 2.95. The number of amides is 1. The predicted molar refractivity (Wildman–Crippen MR) is 122 cm³/mol. The molecule has 0 aliphatic carbocycles. The first kappa shape index (κ1) is 21.2. The number of pyridine rings is 1. The fourth-order valence-corrected chi connectivity index (χ4v) is 3.40. The van der Waals surface area contributed by atoms with Crippen molar-refractivity contribution in [2.75, 3.05) is 20.8 Å². The van der Waals surface area contributed by atoms with E-state index in [2.05, 4.69) is 10.3 Å². The zero-order chi connectivity index (χ0) is 22.3. The molecule has 1 N–H and O–H groups in total. The summed E-state index contributed by atoms with van der Waals surface area (Å²) in [5.74, 6) is 1.82. The molecule has 164 valence electrons. The second-order valence-corrected chi connectivity index (χ2v) is 7.21. The molecular weight excluding hydrogens is 406 g/mol. The molecule has 0 bridgehead atoms. The molecular formula is C25H25N3O4. The van der Waals surface area contributed by atoms with Crippen molar-refractivity contribution in [1.82, 2.24) is 14.7 Å². The van der Waals surface area contributed by atoms with Crippen molar-refractivity contribution in [3.8, 4) is 17.2 Å². The number of hydrogen-bond donors (Lipinski definition) is 1. The monoisotopic (exact) mass is 431 g/mol. The van der Waals surface area contributed by atoms with E-state index in [0.717, 1.165) is 16.9 Å². The smallest absolute Gasteiger partial charge is 0.251 e. The second kappa shape index (κ2) is 9.87. The lowest BCUT2D eigenvalue weighted by Gasteiger charge is -2.10. The summed E-state index contributed by atoms with van der Waals surface area (Å²) >= 11 is 0. The van der Waals surface area contributed by atoms with E-state index in [1.165, 1.54) is 0 Å². The van der Waals surface area contributed by atoms with Gasteiger partial charge in [0.2, 0.25) is 0 Å². The zero-order valence-electron chi connectivity index (χ0n) is 18.1. The molecule has 7 nitrogen and oxygen atoms in total. The van der Waals surface area contributed by atoms with E-state index in [1.54, 1.807) is 26.4 Å². The maximum absolute atomic E-state index is 12.6. The Labute approximate surface area is 186 Å². The molecule has 2 aromatic carbocycles. The number of fused-ring (bicyclic) bond motifs is 1. The fourth-order valence-electron chi connectivity index (χ4n) is 3.40. The number of carbonyl (C=O) groups is 1. The average Bonchev–Trinajstić information content (AvgIpc) is 3.26. The Morgan fingerprint density at radius 1 is 1.00 bits per heavy atom. The van der Waals surface area contributed by atoms with Crippen molar-refractivity contribution in [2.45, 2.75) is 13.0 Å². The van der Waals surface area contributed by atoms with Gasteiger partial charge in [0, 0.05) is 24.5 Å². The van der Waals surface area contributed by atoms with Crippen molar-refractivity contribution in [3.63, 3.8) is 0 Å². The SMILES string of the molecule is COc1ccc(CCNC(=O)c2cccc(OCc3cn4ccccc4n3)c2)cc1OC. The molecule has 32 heavy (non-hydrogen) atoms. The topological polar surface area (TPSA) is 74.1 Å². The highest BCUT2D eigenvalue weighted by Gasteiger charge is 2.09. The van der Waals surface area contributed by atoms with Crippen LogP contribution in [0.15, 0.2) is 73.1 Å². The highest BCUT2D eigenvalue weighted by atomic mass is 16.5. The largest absolute Gasteiger partial charge is 0.493 e. The van der Waals surface area contributed by atoms with Gasteiger partial charge in [-0.3, -0.25) is 4.79 Å². The zero-order valence-corrected chi connectivity index (χ0v) is 18.1. The van der Waals surface area contributed by atoms with Gasteiger partial charge in [-0.1, -0.05) is 18.2 Å². The number of carbonyl (C=O) groups excluding carboxylic acids is 1. The van der Waals surface area contributed by atoms with E-state index in [4.69, 9.17) is 14.2 Å². The summed E-state index contributed by atoms with van der Waals surface area (Å²) < 4.78 is 18.4. The molecule has 1 amide bonds. The van der Waals surface area contributed by atoms with Crippen LogP contribution in [0.2, 0.25) is 0 Å². The molecule has 0 saturated heterocycles. The summed E-state index contributed by atoms with van der Waals surface area (Å²) in [6, 6.07) is 18.7. The van der Waals surface area contributed by atoms with Gasteiger partial charge in [0.25, 0.3) is 5.91 Å². The Kier molecular flexibility index (Phi) is 6.55. The van der Waals surface area contributed by atoms with Crippen molar-refractivity contribution < 1.29 is 19.0 Å². The number of imidazole rings is 1. The summed E-state index contributed by atoms with van der Waals surface area (Å²) in [6.07, 6.45) is 4.55. The highest BCUT2D eigenvalue weighted by Crippen LogP contribution is 2.27. The van der Waals surface area contributed by atoms with Crippen LogP contribution in [-0.2, 0) is 13.0 Å². The van der Waals surface area contributed by atoms with Crippen LogP contribution >= 0.6 is 0 Å². The molecule has 2 heterocycles. The van der Waals surface area contributed by atoms with Gasteiger partial charge in [0.15, 0.2) is 11.5 Å². The Morgan fingerprint density at radius 2 is 1.88 bits per heavy atom. The van der Waals surface area contributed by atoms with E-state index in [0.29, 0.717) is 42.4 Å². The molecule has 0 fully saturated rings. The van der Waals surface area contributed by atoms with Crippen LogP contribution in [0.25, 0.3) is 5.65 Å². The summed E-state index contributed by atoms with van der Waals surface area (Å²) in [6.45, 7) is 0.826. The molecule has 0 saturated carbocycles. The normalized spacial score (nSPS) is 10.7. The van der Waals surface area contributed by atoms with Crippen molar-refractivity contribution in [1.29, 1.82) is 0 Å². The van der Waals surface area contributed by atoms with Crippen LogP contribution in [0.5, 0.6) is 17.2 Å². The molecule has 0 unspecified atom stereocenters. The predicted octanol–water partition coefficient (Wildman–Crippen LogP) is 3.90. The minimum Gasteiger partial charge on any atom is -0.493 e. The lowest BCUT2D eigenvalue weighted by molar-refractivity contribution is 0.0953. The third-order valence-corrected chi connectivity index (χ3v) is 5.04. The van der Waals surface area contributed by atoms with Gasteiger partial charge in [0.1, 0.15) is 18.0 Å². The maximum Gasteiger partial charge on any atom is 0.251 e. The first-order valence-corrected chi connectivity index (χ1v) is 10.3. The Hall–Kier alpha value is -4.00. The first-order valence-electron chi connectivity index (χ1n) is 10.3. The van der Waals surface area contributed by atoms with E-state index in [-0.39, 0.29) is 5.91 Å². The molecule has 0 radical (unpaired) electrons. The third-order valence-electron chi connectivity index (χ3n) is 5.04. The van der Waals surface area contributed by atoms with Crippen molar-refractivity contribution in [2.24, 2.45) is 0 Å². The number of aromatic nitrogens is 2. The van der Waals surface area contributed by atoms with Crippen LogP contribution in [-0.4, -0.2) is 36.1 Å². The molecule has 0 aliphatic rings. The molecule has 0 spiro atoms. The molecule has 2 aromatic heterocycles. The number of methoxy groups -OCH3 is 2. The number of nitrogens with one attached hydrogen (secondary N) is 1. The summed E-state index contributed by atoms with van der Waals surface area (Å²) in [4.78, 5) is 17.1. The van der Waals surface area contributed by atoms with Gasteiger partial charge in [0.05, 0.1) is 19.9 Å². The van der Waals surface area contributed by atoms with Gasteiger partial charge in [-0.25, -0.2) is 4.98 Å². The van der Waals surface area contributed by atoms with E-state index >= 15 is 0 Å². The van der Waals surface area contributed by atoms with Crippen molar-refractivity contribution >= 4 is 11.6 Å². The molecule has 4 aromatic rings. The van der Waals surface area contributed by atoms with Gasteiger partial charge < -0.3 is 23.9 Å². The maximum atomic E-state index is 12.6. The van der Waals surface area contributed by atoms with Crippen LogP contribution in [0.1, 0.15) is 21.6 Å². The fraction of sp³-hybridized carbons (Fsp3) is 0.200. The number of benzene rings is 2. The van der Waals surface area contributed by atoms with Crippen LogP contribution in [0, 0.1) is 0 Å². The number of hydrogen-bond acceptors (Lipinski definition) is 5. The second-order valence-electron chi connectivity index (χ2n) is 7.21. The molecule has 7 heteroatoms. The van der Waals surface area contributed by atoms with Crippen molar-refractivity contribution in [3.05, 3.63) is 89.9 Å². The number of rotatable bonds is 9. The van der Waals surface area contributed by atoms with E-state index in [1.807, 2.05) is 65.3 Å². The lowest BCUT2D eigenvalue weighted by atomic mass is 10.1. The minimum atomic E-state index is -0.149. The quantitative estimate of drug-likeness (QED) is 0.435. The number of nitrogens with zero attached hydrogens (tertiary/aromatic N) is 2. The third kappa shape index (κ3) is 5.00. The Balaban J connectivity index is 1.32. The van der Waals surface area contributed by atoms with Gasteiger partial charge in [-0.2, -0.15) is 0 Å². The Morgan fingerprint density at radius 3 is 2.69 bits per heavy atom. The van der Waals surface area contributed by atoms with E-state index < -0.39 is 0 Å². The lowest BCUT2D eigenvalue weighted by Crippen LogP contribution is -2.25. The number of ether oxygens (including phenoxy) is 3. The molecule has 4 rings (SSSR count). The summed E-state index contributed by atoms with van der Waals surface area (Å²) in [5.41, 5.74) is 3.28. The minimum absolute atomic E-state index is 0.149. The molecule has 0 aliphatic heterocycles. The van der Waals surface area contributed by atoms with Crippen LogP contribution < -0.4 is 19.5 Å². The van der Waals surface area contributed by atoms with Crippen LogP contribution in [0.4, 0.5) is 0 Å².